The van der Waals surface area contributed by atoms with Crippen LogP contribution in [0.5, 0.6) is 11.5 Å². The molecular weight excluding hydrogens is 382 g/mol. The highest BCUT2D eigenvalue weighted by Gasteiger charge is 2.41. The molecule has 2 heterocycles. The lowest BCUT2D eigenvalue weighted by molar-refractivity contribution is 0.0723. The van der Waals surface area contributed by atoms with E-state index < -0.39 is 0 Å². The molecule has 1 aromatic heterocycles. The average Bonchev–Trinajstić information content (AvgIpc) is 3.29. The summed E-state index contributed by atoms with van der Waals surface area (Å²) in [5.41, 5.74) is 3.91. The molecule has 0 aliphatic carbocycles. The van der Waals surface area contributed by atoms with Crippen LogP contribution in [-0.2, 0) is 4.74 Å². The standard InChI is InChI=1S/C23H25N3O4/c1-3-30-18-11-7-16(8-12-18)22-19-20(15-5-9-17(27)10-6-15)24-25-21(19)23(28)26(22)13-4-14-29-2/h5-12,22,27H,3-4,13-14H2,1-2H3,(H,24,25). The summed E-state index contributed by atoms with van der Waals surface area (Å²) in [7, 11) is 1.66. The zero-order chi connectivity index (χ0) is 21.1. The normalized spacial score (nSPS) is 15.5. The number of hydrogen-bond acceptors (Lipinski definition) is 5. The summed E-state index contributed by atoms with van der Waals surface area (Å²) in [6.45, 7) is 3.70. The first-order valence-corrected chi connectivity index (χ1v) is 10.0. The number of carbonyl (C=O) groups excluding carboxylic acids is 1. The third-order valence-electron chi connectivity index (χ3n) is 5.26. The van der Waals surface area contributed by atoms with Crippen LogP contribution in [0.1, 0.15) is 41.0 Å². The van der Waals surface area contributed by atoms with Crippen molar-refractivity contribution in [1.82, 2.24) is 15.1 Å². The number of fused-ring (bicyclic) bond motifs is 1. The first-order chi connectivity index (χ1) is 14.6. The number of aromatic nitrogens is 2. The Labute approximate surface area is 175 Å². The van der Waals surface area contributed by atoms with Crippen molar-refractivity contribution in [2.75, 3.05) is 26.9 Å². The fraction of sp³-hybridized carbons (Fsp3) is 0.304. The zero-order valence-electron chi connectivity index (χ0n) is 17.1. The van der Waals surface area contributed by atoms with Crippen molar-refractivity contribution in [3.05, 3.63) is 65.4 Å². The fourth-order valence-electron chi connectivity index (χ4n) is 3.91. The van der Waals surface area contributed by atoms with E-state index in [0.29, 0.717) is 31.1 Å². The van der Waals surface area contributed by atoms with Gasteiger partial charge in [0.2, 0.25) is 0 Å². The topological polar surface area (TPSA) is 87.7 Å². The lowest BCUT2D eigenvalue weighted by Crippen LogP contribution is -2.31. The molecule has 7 nitrogen and oxygen atoms in total. The molecule has 0 fully saturated rings. The number of carbonyl (C=O) groups is 1. The number of aromatic amines is 1. The summed E-state index contributed by atoms with van der Waals surface area (Å²) in [6.07, 6.45) is 0.738. The molecule has 156 valence electrons. The maximum absolute atomic E-state index is 13.2. The third kappa shape index (κ3) is 3.64. The van der Waals surface area contributed by atoms with Crippen molar-refractivity contribution >= 4 is 5.91 Å². The SMILES string of the molecule is CCOc1ccc(C2c3c(-c4ccc(O)cc4)n[nH]c3C(=O)N2CCCOC)cc1. The van der Waals surface area contributed by atoms with Gasteiger partial charge in [0.1, 0.15) is 17.2 Å². The smallest absolute Gasteiger partial charge is 0.273 e. The number of ether oxygens (including phenoxy) is 2. The van der Waals surface area contributed by atoms with E-state index in [4.69, 9.17) is 9.47 Å². The van der Waals surface area contributed by atoms with Gasteiger partial charge < -0.3 is 19.5 Å². The number of amides is 1. The number of nitrogens with one attached hydrogen (secondary N) is 1. The number of methoxy groups -OCH3 is 1. The van der Waals surface area contributed by atoms with Crippen LogP contribution in [0.2, 0.25) is 0 Å². The minimum atomic E-state index is -0.261. The zero-order valence-corrected chi connectivity index (χ0v) is 17.1. The average molecular weight is 407 g/mol. The molecule has 0 saturated heterocycles. The highest BCUT2D eigenvalue weighted by Crippen LogP contribution is 2.43. The van der Waals surface area contributed by atoms with Crippen molar-refractivity contribution in [2.45, 2.75) is 19.4 Å². The second kappa shape index (κ2) is 8.59. The second-order valence-electron chi connectivity index (χ2n) is 7.16. The Bertz CT molecular complexity index is 1010. The number of benzene rings is 2. The molecule has 30 heavy (non-hydrogen) atoms. The maximum atomic E-state index is 13.2. The molecule has 1 atom stereocenters. The quantitative estimate of drug-likeness (QED) is 0.555. The van der Waals surface area contributed by atoms with Gasteiger partial charge in [0.25, 0.3) is 5.91 Å². The van der Waals surface area contributed by atoms with Crippen LogP contribution in [0.25, 0.3) is 11.3 Å². The lowest BCUT2D eigenvalue weighted by atomic mass is 9.96. The van der Waals surface area contributed by atoms with Gasteiger partial charge in [-0.05, 0) is 55.3 Å². The third-order valence-corrected chi connectivity index (χ3v) is 5.26. The van der Waals surface area contributed by atoms with Crippen LogP contribution in [0.3, 0.4) is 0 Å². The Morgan fingerprint density at radius 2 is 1.87 bits per heavy atom. The Morgan fingerprint density at radius 1 is 1.13 bits per heavy atom. The van der Waals surface area contributed by atoms with Gasteiger partial charge in [-0.25, -0.2) is 0 Å². The number of phenols is 1. The summed E-state index contributed by atoms with van der Waals surface area (Å²) >= 11 is 0. The van der Waals surface area contributed by atoms with Gasteiger partial charge in [-0.15, -0.1) is 0 Å². The first kappa shape index (κ1) is 20.0. The monoisotopic (exact) mass is 407 g/mol. The molecular formula is C23H25N3O4. The van der Waals surface area contributed by atoms with Gasteiger partial charge in [0.15, 0.2) is 0 Å². The van der Waals surface area contributed by atoms with Gasteiger partial charge in [0, 0.05) is 31.4 Å². The summed E-state index contributed by atoms with van der Waals surface area (Å²) in [5.74, 6) is 0.909. The van der Waals surface area contributed by atoms with Gasteiger partial charge in [0.05, 0.1) is 18.3 Å². The number of rotatable bonds is 8. The van der Waals surface area contributed by atoms with E-state index in [1.165, 1.54) is 0 Å². The Kier molecular flexibility index (Phi) is 5.72. The van der Waals surface area contributed by atoms with Crippen molar-refractivity contribution in [2.24, 2.45) is 0 Å². The van der Waals surface area contributed by atoms with E-state index in [1.54, 1.807) is 31.4 Å². The molecule has 4 rings (SSSR count). The van der Waals surface area contributed by atoms with E-state index in [1.807, 2.05) is 36.1 Å². The molecule has 2 N–H and O–H groups in total. The van der Waals surface area contributed by atoms with E-state index in [9.17, 15) is 9.90 Å². The molecule has 1 aliphatic rings. The lowest BCUT2D eigenvalue weighted by Gasteiger charge is -2.26. The predicted molar refractivity (Wildman–Crippen MR) is 113 cm³/mol. The molecule has 0 spiro atoms. The van der Waals surface area contributed by atoms with Crippen LogP contribution in [-0.4, -0.2) is 53.0 Å². The molecule has 2 aromatic carbocycles. The highest BCUT2D eigenvalue weighted by molar-refractivity contribution is 6.00. The molecule has 1 aliphatic heterocycles. The summed E-state index contributed by atoms with van der Waals surface area (Å²) < 4.78 is 10.8. The number of nitrogens with zero attached hydrogens (tertiary/aromatic N) is 2. The van der Waals surface area contributed by atoms with Gasteiger partial charge >= 0.3 is 0 Å². The Balaban J connectivity index is 1.77. The van der Waals surface area contributed by atoms with Gasteiger partial charge in [-0.1, -0.05) is 12.1 Å². The van der Waals surface area contributed by atoms with Crippen LogP contribution in [0.15, 0.2) is 48.5 Å². The van der Waals surface area contributed by atoms with Gasteiger partial charge in [-0.3, -0.25) is 9.89 Å². The molecule has 1 unspecified atom stereocenters. The van der Waals surface area contributed by atoms with Crippen molar-refractivity contribution in [3.63, 3.8) is 0 Å². The minimum Gasteiger partial charge on any atom is -0.508 e. The Morgan fingerprint density at radius 3 is 2.53 bits per heavy atom. The summed E-state index contributed by atoms with van der Waals surface area (Å²) in [5, 5.41) is 17.0. The fourth-order valence-corrected chi connectivity index (χ4v) is 3.91. The van der Waals surface area contributed by atoms with Crippen molar-refractivity contribution < 1.29 is 19.4 Å². The van der Waals surface area contributed by atoms with E-state index in [2.05, 4.69) is 10.2 Å². The largest absolute Gasteiger partial charge is 0.508 e. The first-order valence-electron chi connectivity index (χ1n) is 10.0. The van der Waals surface area contributed by atoms with Crippen LogP contribution in [0, 0.1) is 0 Å². The van der Waals surface area contributed by atoms with E-state index >= 15 is 0 Å². The number of phenolic OH excluding ortho intramolecular Hbond substituents is 1. The van der Waals surface area contributed by atoms with Crippen LogP contribution in [0.4, 0.5) is 0 Å². The number of hydrogen-bond donors (Lipinski definition) is 2. The predicted octanol–water partition coefficient (Wildman–Crippen LogP) is 3.76. The molecule has 0 saturated carbocycles. The van der Waals surface area contributed by atoms with E-state index in [0.717, 1.165) is 28.9 Å². The molecule has 1 amide bonds. The summed E-state index contributed by atoms with van der Waals surface area (Å²) in [6, 6.07) is 14.4. The highest BCUT2D eigenvalue weighted by atomic mass is 16.5. The number of aromatic hydroxyl groups is 1. The second-order valence-corrected chi connectivity index (χ2v) is 7.16. The molecule has 3 aromatic rings. The van der Waals surface area contributed by atoms with Crippen molar-refractivity contribution in [3.8, 4) is 22.8 Å². The van der Waals surface area contributed by atoms with Crippen LogP contribution >= 0.6 is 0 Å². The maximum Gasteiger partial charge on any atom is 0.273 e. The molecule has 0 radical (unpaired) electrons. The summed E-state index contributed by atoms with van der Waals surface area (Å²) in [4.78, 5) is 15.1. The van der Waals surface area contributed by atoms with E-state index in [-0.39, 0.29) is 17.7 Å². The molecule has 7 heteroatoms. The van der Waals surface area contributed by atoms with Crippen LogP contribution < -0.4 is 4.74 Å². The van der Waals surface area contributed by atoms with Gasteiger partial charge in [-0.2, -0.15) is 5.10 Å². The number of H-pyrrole nitrogens is 1. The Hall–Kier alpha value is -3.32. The minimum absolute atomic E-state index is 0.0717. The molecule has 0 bridgehead atoms. The van der Waals surface area contributed by atoms with Crippen molar-refractivity contribution in [1.29, 1.82) is 0 Å².